The normalized spacial score (nSPS) is 21.6. The number of hydrogen-bond acceptors (Lipinski definition) is 5. The van der Waals surface area contributed by atoms with Gasteiger partial charge in [-0.15, -0.1) is 23.7 Å². The molecule has 1 aliphatic heterocycles. The van der Waals surface area contributed by atoms with Crippen molar-refractivity contribution in [2.24, 2.45) is 5.92 Å². The molecule has 1 amide bonds. The van der Waals surface area contributed by atoms with E-state index in [1.165, 1.54) is 11.4 Å². The Morgan fingerprint density at radius 1 is 1.60 bits per heavy atom. The number of ether oxygens (including phenoxy) is 1. The highest BCUT2D eigenvalue weighted by Crippen LogP contribution is 2.26. The van der Waals surface area contributed by atoms with Crippen LogP contribution in [-0.2, 0) is 0 Å². The van der Waals surface area contributed by atoms with Crippen LogP contribution in [0.25, 0.3) is 0 Å². The van der Waals surface area contributed by atoms with Crippen molar-refractivity contribution < 1.29 is 23.4 Å². The summed E-state index contributed by atoms with van der Waals surface area (Å²) in [4.78, 5) is 12.0. The number of amides is 1. The minimum atomic E-state index is -2.96. The van der Waals surface area contributed by atoms with Gasteiger partial charge in [-0.3, -0.25) is 4.79 Å². The van der Waals surface area contributed by atoms with Crippen molar-refractivity contribution in [2.45, 2.75) is 12.7 Å². The molecule has 0 spiro atoms. The molecule has 1 aliphatic rings. The molecule has 0 bridgehead atoms. The third-order valence-electron chi connectivity index (χ3n) is 2.88. The van der Waals surface area contributed by atoms with Gasteiger partial charge in [-0.25, -0.2) is 0 Å². The van der Waals surface area contributed by atoms with E-state index >= 15 is 0 Å². The smallest absolute Gasteiger partial charge is 0.387 e. The summed E-state index contributed by atoms with van der Waals surface area (Å²) < 4.78 is 28.5. The molecular weight excluding hydrogens is 314 g/mol. The lowest BCUT2D eigenvalue weighted by atomic mass is 10.1. The van der Waals surface area contributed by atoms with Gasteiger partial charge in [-0.1, -0.05) is 0 Å². The first-order valence-corrected chi connectivity index (χ1v) is 6.65. The summed E-state index contributed by atoms with van der Waals surface area (Å²) in [5.41, 5.74) is 0. The van der Waals surface area contributed by atoms with Crippen molar-refractivity contribution in [3.63, 3.8) is 0 Å². The first-order valence-electron chi connectivity index (χ1n) is 5.77. The van der Waals surface area contributed by atoms with E-state index in [0.717, 1.165) is 11.3 Å². The number of carbonyl (C=O) groups excluding carboxylic acids is 1. The zero-order valence-electron chi connectivity index (χ0n) is 10.3. The highest BCUT2D eigenvalue weighted by atomic mass is 35.5. The van der Waals surface area contributed by atoms with E-state index in [9.17, 15) is 18.7 Å². The monoisotopic (exact) mass is 328 g/mol. The Morgan fingerprint density at radius 3 is 2.95 bits per heavy atom. The molecule has 1 fully saturated rings. The van der Waals surface area contributed by atoms with Crippen LogP contribution in [0.3, 0.4) is 0 Å². The highest BCUT2D eigenvalue weighted by Gasteiger charge is 2.26. The number of rotatable bonds is 5. The number of β-amino-alcohol motifs (C(OH)–C–C–N with tert-alkyl or cyclic N) is 1. The summed E-state index contributed by atoms with van der Waals surface area (Å²) in [5.74, 6) is -0.657. The van der Waals surface area contributed by atoms with E-state index in [1.807, 2.05) is 0 Å². The van der Waals surface area contributed by atoms with Gasteiger partial charge in [0.25, 0.3) is 5.91 Å². The van der Waals surface area contributed by atoms with Crippen LogP contribution in [0.2, 0.25) is 0 Å². The van der Waals surface area contributed by atoms with E-state index in [-0.39, 0.29) is 29.0 Å². The molecule has 0 saturated carbocycles. The molecule has 9 heteroatoms. The lowest BCUT2D eigenvalue weighted by Crippen LogP contribution is -2.34. The van der Waals surface area contributed by atoms with Crippen LogP contribution in [0.5, 0.6) is 5.75 Å². The van der Waals surface area contributed by atoms with Crippen LogP contribution in [0, 0.1) is 5.92 Å². The van der Waals surface area contributed by atoms with E-state index in [0.29, 0.717) is 19.6 Å². The fraction of sp³-hybridized carbons (Fsp3) is 0.545. The molecule has 2 rings (SSSR count). The van der Waals surface area contributed by atoms with Crippen LogP contribution < -0.4 is 15.4 Å². The van der Waals surface area contributed by atoms with Gasteiger partial charge in [0, 0.05) is 25.6 Å². The molecule has 5 nitrogen and oxygen atoms in total. The number of halogens is 3. The van der Waals surface area contributed by atoms with Crippen molar-refractivity contribution in [3.8, 4) is 5.75 Å². The molecule has 2 unspecified atom stereocenters. The number of nitrogens with one attached hydrogen (secondary N) is 2. The van der Waals surface area contributed by atoms with Gasteiger partial charge in [0.2, 0.25) is 0 Å². The first-order chi connectivity index (χ1) is 9.08. The Hall–Kier alpha value is -0.960. The fourth-order valence-corrected chi connectivity index (χ4v) is 2.62. The Bertz CT molecular complexity index is 447. The highest BCUT2D eigenvalue weighted by molar-refractivity contribution is 7.12. The zero-order valence-corrected chi connectivity index (χ0v) is 12.0. The maximum absolute atomic E-state index is 12.1. The molecular formula is C11H15ClF2N2O3S. The SMILES string of the molecule is Cl.O=C(NCC1CNCC1O)c1sccc1OC(F)F. The van der Waals surface area contributed by atoms with E-state index in [2.05, 4.69) is 15.4 Å². The van der Waals surface area contributed by atoms with Crippen LogP contribution in [0.1, 0.15) is 9.67 Å². The Kier molecular flexibility index (Phi) is 6.60. The van der Waals surface area contributed by atoms with E-state index < -0.39 is 18.6 Å². The van der Waals surface area contributed by atoms with Gasteiger partial charge in [-0.05, 0) is 11.4 Å². The fourth-order valence-electron chi connectivity index (χ4n) is 1.88. The third-order valence-corrected chi connectivity index (χ3v) is 3.77. The molecule has 0 aromatic carbocycles. The van der Waals surface area contributed by atoms with Crippen LogP contribution >= 0.6 is 23.7 Å². The average molecular weight is 329 g/mol. The van der Waals surface area contributed by atoms with E-state index in [1.54, 1.807) is 0 Å². The lowest BCUT2D eigenvalue weighted by Gasteiger charge is -2.14. The molecule has 1 saturated heterocycles. The van der Waals surface area contributed by atoms with Crippen LogP contribution in [0.4, 0.5) is 8.78 Å². The molecule has 1 aromatic rings. The number of carbonyl (C=O) groups is 1. The Morgan fingerprint density at radius 2 is 2.35 bits per heavy atom. The van der Waals surface area contributed by atoms with Crippen LogP contribution in [-0.4, -0.2) is 43.4 Å². The summed E-state index contributed by atoms with van der Waals surface area (Å²) in [5, 5.41) is 16.7. The number of alkyl halides is 2. The second-order valence-electron chi connectivity index (χ2n) is 4.19. The zero-order chi connectivity index (χ0) is 13.8. The minimum Gasteiger partial charge on any atom is -0.433 e. The van der Waals surface area contributed by atoms with E-state index in [4.69, 9.17) is 0 Å². The molecule has 3 N–H and O–H groups in total. The molecule has 2 atom stereocenters. The lowest BCUT2D eigenvalue weighted by molar-refractivity contribution is -0.0498. The summed E-state index contributed by atoms with van der Waals surface area (Å²) in [6, 6.07) is 1.33. The summed E-state index contributed by atoms with van der Waals surface area (Å²) in [6.07, 6.45) is -0.500. The van der Waals surface area contributed by atoms with Gasteiger partial charge in [0.05, 0.1) is 6.10 Å². The summed E-state index contributed by atoms with van der Waals surface area (Å²) >= 11 is 1.03. The van der Waals surface area contributed by atoms with Crippen molar-refractivity contribution in [3.05, 3.63) is 16.3 Å². The number of hydrogen-bond donors (Lipinski definition) is 3. The molecule has 20 heavy (non-hydrogen) atoms. The van der Waals surface area contributed by atoms with Gasteiger partial charge >= 0.3 is 6.61 Å². The standard InChI is InChI=1S/C11H14F2N2O3S.ClH/c12-11(13)18-8-1-2-19-9(8)10(17)15-4-6-3-14-5-7(6)16;/h1-2,6-7,11,14,16H,3-5H2,(H,15,17);1H. The van der Waals surface area contributed by atoms with Crippen molar-refractivity contribution in [1.29, 1.82) is 0 Å². The second kappa shape index (κ2) is 7.72. The maximum Gasteiger partial charge on any atom is 0.387 e. The predicted molar refractivity (Wildman–Crippen MR) is 72.9 cm³/mol. The Labute approximate surface area is 124 Å². The average Bonchev–Trinajstić information content (AvgIpc) is 2.95. The molecule has 0 aliphatic carbocycles. The van der Waals surface area contributed by atoms with Crippen molar-refractivity contribution in [2.75, 3.05) is 19.6 Å². The van der Waals surface area contributed by atoms with Gasteiger partial charge in [0.1, 0.15) is 10.6 Å². The topological polar surface area (TPSA) is 70.6 Å². The van der Waals surface area contributed by atoms with Gasteiger partial charge in [-0.2, -0.15) is 8.78 Å². The number of aliphatic hydroxyl groups excluding tert-OH is 1. The van der Waals surface area contributed by atoms with Crippen molar-refractivity contribution >= 4 is 29.7 Å². The predicted octanol–water partition coefficient (Wildman–Crippen LogP) is 1.08. The molecule has 2 heterocycles. The first kappa shape index (κ1) is 17.1. The van der Waals surface area contributed by atoms with Crippen LogP contribution in [0.15, 0.2) is 11.4 Å². The second-order valence-corrected chi connectivity index (χ2v) is 5.10. The molecule has 1 aromatic heterocycles. The summed E-state index contributed by atoms with van der Waals surface area (Å²) in [6.45, 7) is -1.55. The number of thiophene rings is 1. The largest absolute Gasteiger partial charge is 0.433 e. The molecule has 0 radical (unpaired) electrons. The summed E-state index contributed by atoms with van der Waals surface area (Å²) in [7, 11) is 0. The number of aliphatic hydroxyl groups is 1. The minimum absolute atomic E-state index is 0. The van der Waals surface area contributed by atoms with Gasteiger partial charge in [0.15, 0.2) is 0 Å². The maximum atomic E-state index is 12.1. The van der Waals surface area contributed by atoms with Gasteiger partial charge < -0.3 is 20.5 Å². The Balaban J connectivity index is 0.00000200. The van der Waals surface area contributed by atoms with Crippen molar-refractivity contribution in [1.82, 2.24) is 10.6 Å². The third kappa shape index (κ3) is 4.27. The quantitative estimate of drug-likeness (QED) is 0.756. The molecule has 114 valence electrons.